The topological polar surface area (TPSA) is 58.6 Å². The number of anilines is 1. The van der Waals surface area contributed by atoms with E-state index in [2.05, 4.69) is 25.8 Å². The third kappa shape index (κ3) is 4.05. The van der Waals surface area contributed by atoms with Crippen molar-refractivity contribution < 1.29 is 9.53 Å². The highest BCUT2D eigenvalue weighted by Crippen LogP contribution is 2.24. The number of aromatic nitrogens is 2. The Bertz CT molecular complexity index is 639. The Labute approximate surface area is 139 Å². The van der Waals surface area contributed by atoms with Crippen molar-refractivity contribution in [2.75, 3.05) is 37.7 Å². The minimum absolute atomic E-state index is 0.286. The van der Waals surface area contributed by atoms with Gasteiger partial charge in [-0.3, -0.25) is 9.88 Å². The molecule has 0 bridgehead atoms. The van der Waals surface area contributed by atoms with Crippen LogP contribution in [-0.4, -0.2) is 53.6 Å². The molecule has 0 N–H and O–H groups in total. The first-order valence-electron chi connectivity index (χ1n) is 7.75. The largest absolute Gasteiger partial charge is 0.462 e. The van der Waals surface area contributed by atoms with Crippen LogP contribution in [0.1, 0.15) is 22.2 Å². The van der Waals surface area contributed by atoms with Gasteiger partial charge in [-0.05, 0) is 18.6 Å². The summed E-state index contributed by atoms with van der Waals surface area (Å²) in [5, 5.41) is 0.897. The van der Waals surface area contributed by atoms with Gasteiger partial charge in [0.05, 0.1) is 12.8 Å². The molecule has 3 heterocycles. The summed E-state index contributed by atoms with van der Waals surface area (Å²) in [6.07, 6.45) is 5.32. The second kappa shape index (κ2) is 7.52. The maximum Gasteiger partial charge on any atom is 0.350 e. The molecule has 0 atom stereocenters. The first kappa shape index (κ1) is 15.9. The molecule has 0 saturated carbocycles. The predicted octanol–water partition coefficient (Wildman–Crippen LogP) is 2.04. The monoisotopic (exact) mass is 332 g/mol. The average Bonchev–Trinajstić information content (AvgIpc) is 3.07. The SMILES string of the molecule is CCOC(=O)c1cnc(N2CCN(Cc3cccnc3)CC2)s1. The van der Waals surface area contributed by atoms with Crippen molar-refractivity contribution in [1.29, 1.82) is 0 Å². The van der Waals surface area contributed by atoms with E-state index < -0.39 is 0 Å². The number of piperazine rings is 1. The van der Waals surface area contributed by atoms with Gasteiger partial charge < -0.3 is 9.64 Å². The molecular formula is C16H20N4O2S. The van der Waals surface area contributed by atoms with Gasteiger partial charge in [0.25, 0.3) is 0 Å². The summed E-state index contributed by atoms with van der Waals surface area (Å²) >= 11 is 1.40. The molecule has 0 amide bonds. The molecule has 1 aliphatic heterocycles. The van der Waals surface area contributed by atoms with Crippen LogP contribution in [0.4, 0.5) is 5.13 Å². The zero-order valence-electron chi connectivity index (χ0n) is 13.1. The fraction of sp³-hybridized carbons (Fsp3) is 0.438. The Morgan fingerprint density at radius 1 is 1.30 bits per heavy atom. The molecule has 23 heavy (non-hydrogen) atoms. The lowest BCUT2D eigenvalue weighted by molar-refractivity contribution is 0.0532. The first-order chi connectivity index (χ1) is 11.3. The number of nitrogens with zero attached hydrogens (tertiary/aromatic N) is 4. The summed E-state index contributed by atoms with van der Waals surface area (Å²) in [7, 11) is 0. The highest BCUT2D eigenvalue weighted by molar-refractivity contribution is 7.17. The maximum absolute atomic E-state index is 11.7. The lowest BCUT2D eigenvalue weighted by Crippen LogP contribution is -2.45. The lowest BCUT2D eigenvalue weighted by atomic mass is 10.2. The van der Waals surface area contributed by atoms with Gasteiger partial charge in [0.15, 0.2) is 5.13 Å². The number of pyridine rings is 1. The van der Waals surface area contributed by atoms with E-state index in [-0.39, 0.29) is 5.97 Å². The van der Waals surface area contributed by atoms with Crippen LogP contribution in [0, 0.1) is 0 Å². The Morgan fingerprint density at radius 2 is 2.13 bits per heavy atom. The molecule has 0 aliphatic carbocycles. The zero-order chi connectivity index (χ0) is 16.1. The van der Waals surface area contributed by atoms with Gasteiger partial charge in [-0.1, -0.05) is 17.4 Å². The van der Waals surface area contributed by atoms with Crippen LogP contribution < -0.4 is 4.90 Å². The summed E-state index contributed by atoms with van der Waals surface area (Å²) in [6, 6.07) is 4.07. The van der Waals surface area contributed by atoms with E-state index in [0.717, 1.165) is 37.9 Å². The van der Waals surface area contributed by atoms with Gasteiger partial charge in [-0.15, -0.1) is 0 Å². The molecule has 0 unspecified atom stereocenters. The minimum atomic E-state index is -0.286. The molecule has 3 rings (SSSR count). The van der Waals surface area contributed by atoms with E-state index >= 15 is 0 Å². The number of thiazole rings is 1. The number of hydrogen-bond donors (Lipinski definition) is 0. The van der Waals surface area contributed by atoms with Crippen molar-refractivity contribution in [2.24, 2.45) is 0 Å². The number of carbonyl (C=O) groups excluding carboxylic acids is 1. The molecule has 7 heteroatoms. The summed E-state index contributed by atoms with van der Waals surface area (Å²) in [5.74, 6) is -0.286. The van der Waals surface area contributed by atoms with Gasteiger partial charge in [0, 0.05) is 45.1 Å². The van der Waals surface area contributed by atoms with Crippen LogP contribution in [0.25, 0.3) is 0 Å². The fourth-order valence-corrected chi connectivity index (χ4v) is 3.42. The molecule has 1 aliphatic rings. The third-order valence-corrected chi connectivity index (χ3v) is 4.78. The van der Waals surface area contributed by atoms with Crippen molar-refractivity contribution in [2.45, 2.75) is 13.5 Å². The smallest absolute Gasteiger partial charge is 0.350 e. The van der Waals surface area contributed by atoms with Crippen LogP contribution in [0.5, 0.6) is 0 Å². The summed E-state index contributed by atoms with van der Waals surface area (Å²) in [4.78, 5) is 25.4. The third-order valence-electron chi connectivity index (χ3n) is 3.74. The first-order valence-corrected chi connectivity index (χ1v) is 8.57. The second-order valence-corrected chi connectivity index (χ2v) is 6.36. The normalized spacial score (nSPS) is 15.6. The van der Waals surface area contributed by atoms with Crippen LogP contribution in [0.2, 0.25) is 0 Å². The molecule has 1 saturated heterocycles. The maximum atomic E-state index is 11.7. The highest BCUT2D eigenvalue weighted by atomic mass is 32.1. The standard InChI is InChI=1S/C16H20N4O2S/c1-2-22-15(21)14-11-18-16(23-14)20-8-6-19(7-9-20)12-13-4-3-5-17-10-13/h3-5,10-11H,2,6-9,12H2,1H3. The molecule has 6 nitrogen and oxygen atoms in total. The molecule has 0 aromatic carbocycles. The van der Waals surface area contributed by atoms with Gasteiger partial charge >= 0.3 is 5.97 Å². The molecule has 2 aromatic heterocycles. The van der Waals surface area contributed by atoms with E-state index in [4.69, 9.17) is 4.74 Å². The predicted molar refractivity (Wildman–Crippen MR) is 89.8 cm³/mol. The number of ether oxygens (including phenoxy) is 1. The van der Waals surface area contributed by atoms with Crippen molar-refractivity contribution in [3.05, 3.63) is 41.2 Å². The summed E-state index contributed by atoms with van der Waals surface area (Å²) < 4.78 is 5.01. The summed E-state index contributed by atoms with van der Waals surface area (Å²) in [6.45, 7) is 6.90. The van der Waals surface area contributed by atoms with Gasteiger partial charge in [-0.2, -0.15) is 0 Å². The van der Waals surface area contributed by atoms with Crippen LogP contribution in [0.3, 0.4) is 0 Å². The molecule has 1 fully saturated rings. The van der Waals surface area contributed by atoms with Crippen molar-refractivity contribution in [3.8, 4) is 0 Å². The van der Waals surface area contributed by atoms with E-state index in [0.29, 0.717) is 11.5 Å². The van der Waals surface area contributed by atoms with Crippen molar-refractivity contribution in [1.82, 2.24) is 14.9 Å². The average molecular weight is 332 g/mol. The highest BCUT2D eigenvalue weighted by Gasteiger charge is 2.21. The molecule has 0 radical (unpaired) electrons. The van der Waals surface area contributed by atoms with Crippen molar-refractivity contribution in [3.63, 3.8) is 0 Å². The fourth-order valence-electron chi connectivity index (χ4n) is 2.55. The number of rotatable bonds is 5. The van der Waals surface area contributed by atoms with Crippen LogP contribution >= 0.6 is 11.3 Å². The van der Waals surface area contributed by atoms with E-state index in [1.165, 1.54) is 16.9 Å². The Morgan fingerprint density at radius 3 is 2.83 bits per heavy atom. The van der Waals surface area contributed by atoms with Crippen LogP contribution in [-0.2, 0) is 11.3 Å². The van der Waals surface area contributed by atoms with Gasteiger partial charge in [0.1, 0.15) is 4.88 Å². The molecular weight excluding hydrogens is 312 g/mol. The zero-order valence-corrected chi connectivity index (χ0v) is 14.0. The van der Waals surface area contributed by atoms with E-state index in [9.17, 15) is 4.79 Å². The van der Waals surface area contributed by atoms with Crippen molar-refractivity contribution >= 4 is 22.4 Å². The molecule has 2 aromatic rings. The quantitative estimate of drug-likeness (QED) is 0.781. The van der Waals surface area contributed by atoms with Gasteiger partial charge in [0.2, 0.25) is 0 Å². The number of esters is 1. The van der Waals surface area contributed by atoms with Gasteiger partial charge in [-0.25, -0.2) is 9.78 Å². The number of hydrogen-bond acceptors (Lipinski definition) is 7. The molecule has 122 valence electrons. The van der Waals surface area contributed by atoms with E-state index in [1.54, 1.807) is 19.3 Å². The number of carbonyl (C=O) groups is 1. The Hall–Kier alpha value is -1.99. The Kier molecular flexibility index (Phi) is 5.19. The lowest BCUT2D eigenvalue weighted by Gasteiger charge is -2.34. The van der Waals surface area contributed by atoms with Crippen LogP contribution in [0.15, 0.2) is 30.7 Å². The second-order valence-electron chi connectivity index (χ2n) is 5.35. The Balaban J connectivity index is 1.54. The molecule has 0 spiro atoms. The minimum Gasteiger partial charge on any atom is -0.462 e. The summed E-state index contributed by atoms with van der Waals surface area (Å²) in [5.41, 5.74) is 1.24. The van der Waals surface area contributed by atoms with E-state index in [1.807, 2.05) is 12.3 Å².